The van der Waals surface area contributed by atoms with Crippen LogP contribution in [0.4, 0.5) is 4.79 Å². The average Bonchev–Trinajstić information content (AvgIpc) is 2.83. The lowest BCUT2D eigenvalue weighted by Gasteiger charge is -2.28. The van der Waals surface area contributed by atoms with Gasteiger partial charge in [-0.2, -0.15) is 0 Å². The van der Waals surface area contributed by atoms with Gasteiger partial charge in [-0.15, -0.1) is 0 Å². The van der Waals surface area contributed by atoms with Crippen molar-refractivity contribution in [1.29, 1.82) is 0 Å². The van der Waals surface area contributed by atoms with E-state index in [2.05, 4.69) is 29.2 Å². The van der Waals surface area contributed by atoms with E-state index in [-0.39, 0.29) is 6.03 Å². The molecule has 0 spiro atoms. The van der Waals surface area contributed by atoms with Crippen LogP contribution in [0.1, 0.15) is 11.1 Å². The summed E-state index contributed by atoms with van der Waals surface area (Å²) >= 11 is 0. The fraction of sp³-hybridized carbons (Fsp3) is 0.588. The van der Waals surface area contributed by atoms with E-state index in [0.717, 1.165) is 19.4 Å². The number of carbonyl (C=O) groups is 1. The fourth-order valence-corrected chi connectivity index (χ4v) is 3.60. The Morgan fingerprint density at radius 1 is 1.14 bits per heavy atom. The summed E-state index contributed by atoms with van der Waals surface area (Å²) in [6, 6.07) is 9.01. The van der Waals surface area contributed by atoms with E-state index in [4.69, 9.17) is 0 Å². The quantitative estimate of drug-likeness (QED) is 0.835. The van der Waals surface area contributed by atoms with E-state index in [1.54, 1.807) is 23.9 Å². The maximum Gasteiger partial charge on any atom is 0.319 e. The molecule has 1 aliphatic heterocycles. The first-order valence-electron chi connectivity index (χ1n) is 7.99. The standard InChI is InChI=1S/C17H25N3O2/c1-18(2)17(22)20-8-7-19(11-16(21)12-20)15-9-13-5-3-4-6-14(13)10-15/h3-6,15-16,21H,7-12H2,1-2H3/t16-/m1/s1. The first-order chi connectivity index (χ1) is 10.5. The Balaban J connectivity index is 1.66. The van der Waals surface area contributed by atoms with Crippen LogP contribution >= 0.6 is 0 Å². The number of urea groups is 1. The van der Waals surface area contributed by atoms with Crippen molar-refractivity contribution < 1.29 is 9.90 Å². The van der Waals surface area contributed by atoms with Gasteiger partial charge in [-0.25, -0.2) is 4.79 Å². The minimum atomic E-state index is -0.477. The summed E-state index contributed by atoms with van der Waals surface area (Å²) in [5.41, 5.74) is 2.85. The molecule has 1 heterocycles. The molecule has 1 aromatic carbocycles. The van der Waals surface area contributed by atoms with Gasteiger partial charge in [-0.1, -0.05) is 24.3 Å². The molecule has 2 amide bonds. The Hall–Kier alpha value is -1.59. The van der Waals surface area contributed by atoms with Crippen molar-refractivity contribution >= 4 is 6.03 Å². The molecule has 0 unspecified atom stereocenters. The molecule has 1 aromatic rings. The third-order valence-electron chi connectivity index (χ3n) is 4.73. The van der Waals surface area contributed by atoms with E-state index in [9.17, 15) is 9.90 Å². The molecule has 5 nitrogen and oxygen atoms in total. The molecule has 0 bridgehead atoms. The number of hydrogen-bond acceptors (Lipinski definition) is 3. The predicted octanol–water partition coefficient (Wildman–Crippen LogP) is 0.814. The molecule has 0 radical (unpaired) electrons. The monoisotopic (exact) mass is 303 g/mol. The molecule has 0 aromatic heterocycles. The third kappa shape index (κ3) is 3.10. The van der Waals surface area contributed by atoms with E-state index >= 15 is 0 Å². The average molecular weight is 303 g/mol. The Morgan fingerprint density at radius 3 is 2.36 bits per heavy atom. The summed E-state index contributed by atoms with van der Waals surface area (Å²) in [5, 5.41) is 10.3. The molecule has 2 aliphatic rings. The number of hydrogen-bond donors (Lipinski definition) is 1. The summed E-state index contributed by atoms with van der Waals surface area (Å²) in [6.07, 6.45) is 1.62. The number of rotatable bonds is 1. The lowest BCUT2D eigenvalue weighted by molar-refractivity contribution is 0.0961. The van der Waals surface area contributed by atoms with Crippen LogP contribution in [0.15, 0.2) is 24.3 Å². The van der Waals surface area contributed by atoms with Crippen molar-refractivity contribution in [3.63, 3.8) is 0 Å². The second kappa shape index (κ2) is 6.26. The summed E-state index contributed by atoms with van der Waals surface area (Å²) in [4.78, 5) is 17.8. The molecule has 5 heteroatoms. The normalized spacial score (nSPS) is 23.2. The number of benzene rings is 1. The van der Waals surface area contributed by atoms with Crippen LogP contribution in [0.2, 0.25) is 0 Å². The maximum atomic E-state index is 12.1. The number of amides is 2. The van der Waals surface area contributed by atoms with E-state index in [0.29, 0.717) is 25.7 Å². The summed E-state index contributed by atoms with van der Waals surface area (Å²) in [5.74, 6) is 0. The van der Waals surface area contributed by atoms with Gasteiger partial charge in [-0.3, -0.25) is 4.90 Å². The van der Waals surface area contributed by atoms with E-state index < -0.39 is 6.10 Å². The van der Waals surface area contributed by atoms with Gasteiger partial charge >= 0.3 is 6.03 Å². The van der Waals surface area contributed by atoms with Gasteiger partial charge in [0.1, 0.15) is 0 Å². The zero-order valence-corrected chi connectivity index (χ0v) is 13.4. The maximum absolute atomic E-state index is 12.1. The van der Waals surface area contributed by atoms with Crippen LogP contribution in [-0.4, -0.2) is 78.3 Å². The van der Waals surface area contributed by atoms with Gasteiger partial charge in [0.05, 0.1) is 6.10 Å². The number of aliphatic hydroxyl groups excluding tert-OH is 1. The zero-order chi connectivity index (χ0) is 15.7. The highest BCUT2D eigenvalue weighted by atomic mass is 16.3. The van der Waals surface area contributed by atoms with Crippen molar-refractivity contribution in [1.82, 2.24) is 14.7 Å². The molecule has 22 heavy (non-hydrogen) atoms. The van der Waals surface area contributed by atoms with Crippen LogP contribution in [0.25, 0.3) is 0 Å². The molecule has 120 valence electrons. The highest BCUT2D eigenvalue weighted by Gasteiger charge is 2.31. The Morgan fingerprint density at radius 2 is 1.77 bits per heavy atom. The molecule has 1 aliphatic carbocycles. The number of β-amino-alcohol motifs (C(OH)–C–C–N with tert-alkyl or cyclic N) is 1. The number of aliphatic hydroxyl groups is 1. The van der Waals surface area contributed by atoms with Gasteiger partial charge in [0.15, 0.2) is 0 Å². The summed E-state index contributed by atoms with van der Waals surface area (Å²) in [6.45, 7) is 2.58. The molecule has 3 rings (SSSR count). The minimum absolute atomic E-state index is 0.0180. The number of carbonyl (C=O) groups excluding carboxylic acids is 1. The predicted molar refractivity (Wildman–Crippen MR) is 85.9 cm³/mol. The smallest absolute Gasteiger partial charge is 0.319 e. The van der Waals surface area contributed by atoms with Crippen molar-refractivity contribution in [3.8, 4) is 0 Å². The van der Waals surface area contributed by atoms with Crippen LogP contribution < -0.4 is 0 Å². The van der Waals surface area contributed by atoms with Gasteiger partial charge in [0.25, 0.3) is 0 Å². The van der Waals surface area contributed by atoms with Crippen molar-refractivity contribution in [2.24, 2.45) is 0 Å². The van der Waals surface area contributed by atoms with Crippen LogP contribution in [0.5, 0.6) is 0 Å². The third-order valence-corrected chi connectivity index (χ3v) is 4.73. The molecular formula is C17H25N3O2. The van der Waals surface area contributed by atoms with Gasteiger partial charge in [0, 0.05) is 46.3 Å². The second-order valence-corrected chi connectivity index (χ2v) is 6.60. The molecule has 0 saturated carbocycles. The zero-order valence-electron chi connectivity index (χ0n) is 13.4. The lowest BCUT2D eigenvalue weighted by Crippen LogP contribution is -2.43. The van der Waals surface area contributed by atoms with Crippen LogP contribution in [0.3, 0.4) is 0 Å². The van der Waals surface area contributed by atoms with E-state index in [1.165, 1.54) is 11.1 Å². The van der Waals surface area contributed by atoms with Crippen LogP contribution in [-0.2, 0) is 12.8 Å². The van der Waals surface area contributed by atoms with Gasteiger partial charge in [-0.05, 0) is 24.0 Å². The molecule has 1 fully saturated rings. The van der Waals surface area contributed by atoms with Crippen molar-refractivity contribution in [3.05, 3.63) is 35.4 Å². The summed E-state index contributed by atoms with van der Waals surface area (Å²) < 4.78 is 0. The van der Waals surface area contributed by atoms with Crippen molar-refractivity contribution in [2.75, 3.05) is 40.3 Å². The molecular weight excluding hydrogens is 278 g/mol. The lowest BCUT2D eigenvalue weighted by atomic mass is 10.1. The Kier molecular flexibility index (Phi) is 4.36. The Labute approximate surface area is 132 Å². The first-order valence-corrected chi connectivity index (χ1v) is 7.99. The first kappa shape index (κ1) is 15.3. The van der Waals surface area contributed by atoms with Gasteiger partial charge in [0.2, 0.25) is 0 Å². The second-order valence-electron chi connectivity index (χ2n) is 6.60. The fourth-order valence-electron chi connectivity index (χ4n) is 3.60. The highest BCUT2D eigenvalue weighted by molar-refractivity contribution is 5.73. The topological polar surface area (TPSA) is 47.0 Å². The largest absolute Gasteiger partial charge is 0.390 e. The minimum Gasteiger partial charge on any atom is -0.390 e. The van der Waals surface area contributed by atoms with Crippen molar-refractivity contribution in [2.45, 2.75) is 25.0 Å². The number of nitrogens with zero attached hydrogens (tertiary/aromatic N) is 3. The molecule has 1 saturated heterocycles. The van der Waals surface area contributed by atoms with Gasteiger partial charge < -0.3 is 14.9 Å². The SMILES string of the molecule is CN(C)C(=O)N1CCN(C2Cc3ccccc3C2)C[C@@H](O)C1. The number of fused-ring (bicyclic) bond motifs is 1. The molecule has 1 atom stereocenters. The molecule has 1 N–H and O–H groups in total. The summed E-state index contributed by atoms with van der Waals surface area (Å²) in [7, 11) is 3.51. The van der Waals surface area contributed by atoms with Crippen LogP contribution in [0, 0.1) is 0 Å². The van der Waals surface area contributed by atoms with E-state index in [1.807, 2.05) is 0 Å². The Bertz CT molecular complexity index is 521. The highest BCUT2D eigenvalue weighted by Crippen LogP contribution is 2.26.